The van der Waals surface area contributed by atoms with Crippen molar-refractivity contribution in [2.24, 2.45) is 10.9 Å². The molecule has 1 N–H and O–H groups in total. The van der Waals surface area contributed by atoms with E-state index in [-0.39, 0.29) is 11.6 Å². The third-order valence-electron chi connectivity index (χ3n) is 7.08. The zero-order valence-corrected chi connectivity index (χ0v) is 24.5. The van der Waals surface area contributed by atoms with Gasteiger partial charge >= 0.3 is 5.97 Å². The average molecular weight is 563 g/mol. The molecule has 0 saturated carbocycles. The molecule has 2 atom stereocenters. The molecule has 1 aliphatic heterocycles. The third-order valence-corrected chi connectivity index (χ3v) is 7.08. The molecule has 2 aliphatic rings. The van der Waals surface area contributed by atoms with Gasteiger partial charge < -0.3 is 14.8 Å². The van der Waals surface area contributed by atoms with Gasteiger partial charge in [-0.25, -0.2) is 4.79 Å². The molecule has 0 bridgehead atoms. The van der Waals surface area contributed by atoms with Crippen molar-refractivity contribution in [1.29, 1.82) is 0 Å². The summed E-state index contributed by atoms with van der Waals surface area (Å²) in [6.45, 7) is 4.52. The first kappa shape index (κ1) is 30.3. The topological polar surface area (TPSA) is 77.0 Å². The molecule has 1 amide bonds. The average Bonchev–Trinajstić information content (AvgIpc) is 3.27. The lowest BCUT2D eigenvalue weighted by Crippen LogP contribution is -2.43. The molecule has 3 aromatic carbocycles. The lowest BCUT2D eigenvalue weighted by atomic mass is 9.93. The van der Waals surface area contributed by atoms with Crippen LogP contribution in [0.2, 0.25) is 0 Å². The fourth-order valence-corrected chi connectivity index (χ4v) is 4.80. The minimum absolute atomic E-state index is 0.102. The molecule has 0 aromatic heterocycles. The first-order valence-corrected chi connectivity index (χ1v) is 14.5. The van der Waals surface area contributed by atoms with E-state index in [4.69, 9.17) is 9.47 Å². The lowest BCUT2D eigenvalue weighted by Gasteiger charge is -2.20. The minimum atomic E-state index is -0.838. The van der Waals surface area contributed by atoms with E-state index in [1.165, 1.54) is 7.11 Å². The van der Waals surface area contributed by atoms with Gasteiger partial charge in [0, 0.05) is 25.0 Å². The number of benzene rings is 3. The molecule has 0 spiro atoms. The van der Waals surface area contributed by atoms with Crippen molar-refractivity contribution in [3.8, 4) is 11.1 Å². The number of rotatable bonds is 9. The van der Waals surface area contributed by atoms with Crippen LogP contribution in [0, 0.1) is 5.92 Å². The number of nitrogens with zero attached hydrogens (tertiary/aromatic N) is 1. The molecule has 6 nitrogen and oxygen atoms in total. The van der Waals surface area contributed by atoms with E-state index in [2.05, 4.69) is 10.3 Å². The van der Waals surface area contributed by atoms with Crippen LogP contribution in [0.25, 0.3) is 11.1 Å². The Morgan fingerprint density at radius 1 is 0.881 bits per heavy atom. The van der Waals surface area contributed by atoms with Crippen LogP contribution in [0.4, 0.5) is 0 Å². The van der Waals surface area contributed by atoms with E-state index in [0.717, 1.165) is 46.4 Å². The predicted octanol–water partition coefficient (Wildman–Crippen LogP) is 6.99. The fraction of sp³-hybridized carbons (Fsp3) is 0.250. The second kappa shape index (κ2) is 15.3. The van der Waals surface area contributed by atoms with Gasteiger partial charge in [-0.2, -0.15) is 0 Å². The number of esters is 1. The normalized spacial score (nSPS) is 16.2. The number of ether oxygens (including phenoxy) is 2. The summed E-state index contributed by atoms with van der Waals surface area (Å²) in [4.78, 5) is 30.2. The van der Waals surface area contributed by atoms with Gasteiger partial charge in [-0.05, 0) is 46.4 Å². The van der Waals surface area contributed by atoms with Gasteiger partial charge in [0.2, 0.25) is 0 Å². The van der Waals surface area contributed by atoms with Crippen LogP contribution in [-0.4, -0.2) is 31.2 Å². The standard InChI is InChI=1S/C34H32N2O4.C2H6/c1-39-34(38)32(20-24-12-14-27(15-13-24)26-10-6-3-7-11-26)36-33(37)31-21-28-16-18-30(19-17-29(28)22-35-31)40-23-25-8-4-2-5-9-25;1-2/h2-16,18,21-22,29,32H,17,19-20,23H2,1H3,(H,36,37);1-2H3/t29?,32-;/m0./s1. The molecule has 1 unspecified atom stereocenters. The SMILES string of the molecule is CC.COC(=O)[C@H](Cc1ccc(-c2ccccc2)cc1)NC(=O)C1=CC2=CC=C(OCc3ccccc3)CCC2C=N1. The molecule has 5 rings (SSSR count). The summed E-state index contributed by atoms with van der Waals surface area (Å²) in [6, 6.07) is 27.2. The molecule has 0 radical (unpaired) electrons. The van der Waals surface area contributed by atoms with E-state index < -0.39 is 17.9 Å². The van der Waals surface area contributed by atoms with Crippen LogP contribution in [0.5, 0.6) is 0 Å². The van der Waals surface area contributed by atoms with Crippen molar-refractivity contribution in [1.82, 2.24) is 5.32 Å². The van der Waals surface area contributed by atoms with Crippen molar-refractivity contribution < 1.29 is 19.1 Å². The Bertz CT molecular complexity index is 1460. The van der Waals surface area contributed by atoms with Gasteiger partial charge in [-0.15, -0.1) is 0 Å². The monoisotopic (exact) mass is 562 g/mol. The number of carbonyl (C=O) groups is 2. The smallest absolute Gasteiger partial charge is 0.328 e. The van der Waals surface area contributed by atoms with E-state index >= 15 is 0 Å². The minimum Gasteiger partial charge on any atom is -0.493 e. The number of nitrogens with one attached hydrogen (secondary N) is 1. The fourth-order valence-electron chi connectivity index (χ4n) is 4.80. The molecule has 6 heteroatoms. The molecule has 42 heavy (non-hydrogen) atoms. The third kappa shape index (κ3) is 8.16. The Kier molecular flexibility index (Phi) is 11.0. The maximum atomic E-state index is 13.2. The lowest BCUT2D eigenvalue weighted by molar-refractivity contribution is -0.144. The van der Waals surface area contributed by atoms with Crippen LogP contribution in [0.15, 0.2) is 125 Å². The van der Waals surface area contributed by atoms with E-state index in [0.29, 0.717) is 13.0 Å². The number of allylic oxidation sites excluding steroid dienone is 5. The second-order valence-corrected chi connectivity index (χ2v) is 9.84. The predicted molar refractivity (Wildman–Crippen MR) is 168 cm³/mol. The summed E-state index contributed by atoms with van der Waals surface area (Å²) in [5.74, 6) is 0.0870. The van der Waals surface area contributed by atoms with Crippen molar-refractivity contribution in [2.75, 3.05) is 7.11 Å². The highest BCUT2D eigenvalue weighted by Crippen LogP contribution is 2.29. The van der Waals surface area contributed by atoms with Gasteiger partial charge in [-0.3, -0.25) is 9.79 Å². The first-order chi connectivity index (χ1) is 20.6. The van der Waals surface area contributed by atoms with Crippen LogP contribution in [0.3, 0.4) is 0 Å². The molecule has 0 saturated heterocycles. The first-order valence-electron chi connectivity index (χ1n) is 14.5. The van der Waals surface area contributed by atoms with Gasteiger partial charge in [0.1, 0.15) is 18.3 Å². The molecule has 0 fully saturated rings. The second-order valence-electron chi connectivity index (χ2n) is 9.84. The summed E-state index contributed by atoms with van der Waals surface area (Å²) < 4.78 is 11.0. The maximum Gasteiger partial charge on any atom is 0.328 e. The Hall–Kier alpha value is -4.71. The van der Waals surface area contributed by atoms with Gasteiger partial charge in [-0.1, -0.05) is 105 Å². The van der Waals surface area contributed by atoms with Crippen molar-refractivity contribution >= 4 is 18.1 Å². The molecule has 216 valence electrons. The Morgan fingerprint density at radius 2 is 1.55 bits per heavy atom. The molecule has 1 heterocycles. The maximum absolute atomic E-state index is 13.2. The van der Waals surface area contributed by atoms with E-state index in [1.54, 1.807) is 6.08 Å². The zero-order valence-electron chi connectivity index (χ0n) is 24.5. The number of fused-ring (bicyclic) bond motifs is 1. The summed E-state index contributed by atoms with van der Waals surface area (Å²) in [6.07, 6.45) is 9.49. The van der Waals surface area contributed by atoms with Crippen molar-refractivity contribution in [2.45, 2.75) is 45.8 Å². The number of aliphatic imine (C=N–C) groups is 1. The number of carbonyl (C=O) groups excluding carboxylic acids is 2. The zero-order chi connectivity index (χ0) is 29.7. The number of methoxy groups -OCH3 is 1. The van der Waals surface area contributed by atoms with Crippen LogP contribution in [0.1, 0.15) is 37.8 Å². The van der Waals surface area contributed by atoms with Gasteiger partial charge in [0.25, 0.3) is 5.91 Å². The summed E-state index contributed by atoms with van der Waals surface area (Å²) >= 11 is 0. The van der Waals surface area contributed by atoms with Crippen LogP contribution < -0.4 is 5.32 Å². The van der Waals surface area contributed by atoms with E-state index in [9.17, 15) is 9.59 Å². The highest BCUT2D eigenvalue weighted by Gasteiger charge is 2.26. The molecule has 1 aliphatic carbocycles. The summed E-state index contributed by atoms with van der Waals surface area (Å²) in [7, 11) is 1.32. The largest absolute Gasteiger partial charge is 0.493 e. The molecular formula is C36H38N2O4. The Balaban J connectivity index is 0.00000198. The number of hydrogen-bond acceptors (Lipinski definition) is 5. The highest BCUT2D eigenvalue weighted by molar-refractivity contribution is 5.98. The number of hydrogen-bond donors (Lipinski definition) is 1. The van der Waals surface area contributed by atoms with Crippen LogP contribution >= 0.6 is 0 Å². The number of amides is 1. The summed E-state index contributed by atoms with van der Waals surface area (Å²) in [5.41, 5.74) is 5.48. The molecular weight excluding hydrogens is 524 g/mol. The van der Waals surface area contributed by atoms with Gasteiger partial charge in [0.05, 0.1) is 12.9 Å². The van der Waals surface area contributed by atoms with Crippen LogP contribution in [-0.2, 0) is 32.1 Å². The summed E-state index contributed by atoms with van der Waals surface area (Å²) in [5, 5.41) is 2.83. The highest BCUT2D eigenvalue weighted by atomic mass is 16.5. The molecule has 3 aromatic rings. The van der Waals surface area contributed by atoms with Gasteiger partial charge in [0.15, 0.2) is 0 Å². The van der Waals surface area contributed by atoms with Crippen molar-refractivity contribution in [3.63, 3.8) is 0 Å². The Morgan fingerprint density at radius 3 is 2.24 bits per heavy atom. The Labute approximate surface area is 248 Å². The quantitative estimate of drug-likeness (QED) is 0.285. The van der Waals surface area contributed by atoms with Crippen molar-refractivity contribution in [3.05, 3.63) is 131 Å². The van der Waals surface area contributed by atoms with E-state index in [1.807, 2.05) is 117 Å².